The minimum absolute atomic E-state index is 0.269. The molecular weight excluding hydrogens is 251 g/mol. The van der Waals surface area contributed by atoms with E-state index in [1.807, 2.05) is 6.07 Å². The van der Waals surface area contributed by atoms with Crippen molar-refractivity contribution in [1.82, 2.24) is 4.98 Å². The summed E-state index contributed by atoms with van der Waals surface area (Å²) in [6.07, 6.45) is 3.28. The lowest BCUT2D eigenvalue weighted by Gasteiger charge is -2.09. The molecule has 0 fully saturated rings. The zero-order chi connectivity index (χ0) is 13.0. The molecule has 2 aromatic rings. The molecular formula is C13H13FN2OS. The molecule has 0 spiro atoms. The van der Waals surface area contributed by atoms with Crippen LogP contribution in [0.1, 0.15) is 5.56 Å². The van der Waals surface area contributed by atoms with Crippen molar-refractivity contribution in [2.45, 2.75) is 10.6 Å². The van der Waals surface area contributed by atoms with Gasteiger partial charge in [0.25, 0.3) is 0 Å². The summed E-state index contributed by atoms with van der Waals surface area (Å²) in [5.74, 6) is 1.00. The summed E-state index contributed by atoms with van der Waals surface area (Å²) in [5.41, 5.74) is 7.22. The van der Waals surface area contributed by atoms with Gasteiger partial charge in [0.15, 0.2) is 0 Å². The third kappa shape index (κ3) is 2.92. The van der Waals surface area contributed by atoms with Crippen molar-refractivity contribution in [3.05, 3.63) is 48.0 Å². The number of anilines is 1. The number of nitrogens with zero attached hydrogens (tertiary/aromatic N) is 1. The third-order valence-corrected chi connectivity index (χ3v) is 3.57. The molecule has 2 N–H and O–H groups in total. The molecule has 0 atom stereocenters. The number of nitrogens with two attached hydrogens (primary N) is 1. The van der Waals surface area contributed by atoms with E-state index in [1.54, 1.807) is 25.6 Å². The number of nitrogen functional groups attached to an aromatic ring is 1. The summed E-state index contributed by atoms with van der Waals surface area (Å²) in [7, 11) is 1.57. The summed E-state index contributed by atoms with van der Waals surface area (Å²) in [4.78, 5) is 4.85. The molecule has 3 nitrogen and oxygen atoms in total. The summed E-state index contributed by atoms with van der Waals surface area (Å²) < 4.78 is 18.4. The average molecular weight is 264 g/mol. The predicted octanol–water partition coefficient (Wildman–Crippen LogP) is 3.10. The van der Waals surface area contributed by atoms with Crippen LogP contribution in [0.25, 0.3) is 0 Å². The molecule has 0 aliphatic rings. The smallest absolute Gasteiger partial charge is 0.123 e. The Bertz CT molecular complexity index is 548. The van der Waals surface area contributed by atoms with E-state index in [0.717, 1.165) is 10.5 Å². The van der Waals surface area contributed by atoms with E-state index in [4.69, 9.17) is 10.5 Å². The molecule has 0 unspecified atom stereocenters. The van der Waals surface area contributed by atoms with Gasteiger partial charge in [0, 0.05) is 22.4 Å². The Morgan fingerprint density at radius 1 is 1.39 bits per heavy atom. The van der Waals surface area contributed by atoms with Crippen molar-refractivity contribution >= 4 is 17.4 Å². The highest BCUT2D eigenvalue weighted by Gasteiger charge is 2.06. The third-order valence-electron chi connectivity index (χ3n) is 2.44. The molecule has 5 heteroatoms. The Hall–Kier alpha value is -1.75. The number of rotatable bonds is 4. The Kier molecular flexibility index (Phi) is 4.04. The van der Waals surface area contributed by atoms with Crippen molar-refractivity contribution in [3.8, 4) is 5.75 Å². The van der Waals surface area contributed by atoms with E-state index in [0.29, 0.717) is 17.2 Å². The number of ether oxygens (including phenoxy) is 1. The Morgan fingerprint density at radius 3 is 2.94 bits per heavy atom. The van der Waals surface area contributed by atoms with Crippen LogP contribution in [-0.4, -0.2) is 12.1 Å². The van der Waals surface area contributed by atoms with E-state index >= 15 is 0 Å². The first-order chi connectivity index (χ1) is 8.70. The number of aromatic nitrogens is 1. The summed E-state index contributed by atoms with van der Waals surface area (Å²) in [6.45, 7) is 0. The first-order valence-electron chi connectivity index (χ1n) is 5.35. The van der Waals surface area contributed by atoms with Gasteiger partial charge >= 0.3 is 0 Å². The monoisotopic (exact) mass is 264 g/mol. The predicted molar refractivity (Wildman–Crippen MR) is 71.2 cm³/mol. The number of methoxy groups -OCH3 is 1. The van der Waals surface area contributed by atoms with Crippen LogP contribution in [0, 0.1) is 5.82 Å². The van der Waals surface area contributed by atoms with Gasteiger partial charge in [-0.1, -0.05) is 0 Å². The average Bonchev–Trinajstić information content (AvgIpc) is 2.38. The lowest BCUT2D eigenvalue weighted by Crippen LogP contribution is -1.93. The molecule has 1 aromatic heterocycles. The van der Waals surface area contributed by atoms with Crippen LogP contribution in [0.15, 0.2) is 41.6 Å². The first-order valence-corrected chi connectivity index (χ1v) is 6.34. The van der Waals surface area contributed by atoms with Gasteiger partial charge in [0.1, 0.15) is 11.6 Å². The number of benzene rings is 1. The topological polar surface area (TPSA) is 48.1 Å². The van der Waals surface area contributed by atoms with E-state index in [2.05, 4.69) is 4.98 Å². The molecule has 0 saturated carbocycles. The maximum Gasteiger partial charge on any atom is 0.123 e. The molecule has 94 valence electrons. The second-order valence-electron chi connectivity index (χ2n) is 3.66. The minimum Gasteiger partial charge on any atom is -0.496 e. The molecule has 0 aliphatic heterocycles. The Morgan fingerprint density at radius 2 is 2.22 bits per heavy atom. The number of halogens is 1. The van der Waals surface area contributed by atoms with Crippen LogP contribution in [-0.2, 0) is 5.75 Å². The second kappa shape index (κ2) is 5.73. The fraction of sp³-hybridized carbons (Fsp3) is 0.154. The van der Waals surface area contributed by atoms with Gasteiger partial charge in [-0.15, -0.1) is 11.8 Å². The quantitative estimate of drug-likeness (QED) is 0.862. The van der Waals surface area contributed by atoms with E-state index < -0.39 is 0 Å². The van der Waals surface area contributed by atoms with Crippen molar-refractivity contribution in [2.75, 3.05) is 12.8 Å². The zero-order valence-corrected chi connectivity index (χ0v) is 10.7. The van der Waals surface area contributed by atoms with Gasteiger partial charge in [-0.3, -0.25) is 4.98 Å². The number of hydrogen-bond donors (Lipinski definition) is 1. The molecule has 18 heavy (non-hydrogen) atoms. The highest BCUT2D eigenvalue weighted by atomic mass is 32.2. The highest BCUT2D eigenvalue weighted by Crippen LogP contribution is 2.30. The van der Waals surface area contributed by atoms with Gasteiger partial charge in [-0.05, 0) is 24.3 Å². The summed E-state index contributed by atoms with van der Waals surface area (Å²) >= 11 is 1.53. The fourth-order valence-electron chi connectivity index (χ4n) is 1.54. The molecule has 0 amide bonds. The second-order valence-corrected chi connectivity index (χ2v) is 4.68. The summed E-state index contributed by atoms with van der Waals surface area (Å²) in [6, 6.07) is 6.32. The normalized spacial score (nSPS) is 10.3. The summed E-state index contributed by atoms with van der Waals surface area (Å²) in [5, 5.41) is 0. The number of pyridine rings is 1. The van der Waals surface area contributed by atoms with E-state index in [9.17, 15) is 4.39 Å². The van der Waals surface area contributed by atoms with Crippen LogP contribution in [0.4, 0.5) is 10.1 Å². The van der Waals surface area contributed by atoms with Crippen LogP contribution in [0.2, 0.25) is 0 Å². The molecule has 0 radical (unpaired) electrons. The lowest BCUT2D eigenvalue weighted by atomic mass is 10.2. The number of hydrogen-bond acceptors (Lipinski definition) is 4. The SMILES string of the molecule is COc1ccc(F)cc1CSc1ccncc1N. The van der Waals surface area contributed by atoms with Gasteiger partial charge in [-0.2, -0.15) is 0 Å². The van der Waals surface area contributed by atoms with E-state index in [1.165, 1.54) is 23.9 Å². The maximum atomic E-state index is 13.2. The van der Waals surface area contributed by atoms with Gasteiger partial charge in [0.2, 0.25) is 0 Å². The number of thioether (sulfide) groups is 1. The van der Waals surface area contributed by atoms with Gasteiger partial charge < -0.3 is 10.5 Å². The fourth-order valence-corrected chi connectivity index (χ4v) is 2.45. The van der Waals surface area contributed by atoms with Crippen molar-refractivity contribution in [2.24, 2.45) is 0 Å². The van der Waals surface area contributed by atoms with Crippen molar-refractivity contribution in [1.29, 1.82) is 0 Å². The van der Waals surface area contributed by atoms with Crippen LogP contribution >= 0.6 is 11.8 Å². The van der Waals surface area contributed by atoms with E-state index in [-0.39, 0.29) is 5.82 Å². The van der Waals surface area contributed by atoms with Gasteiger partial charge in [-0.25, -0.2) is 4.39 Å². The minimum atomic E-state index is -0.269. The van der Waals surface area contributed by atoms with Gasteiger partial charge in [0.05, 0.1) is 19.0 Å². The maximum absolute atomic E-state index is 13.2. The van der Waals surface area contributed by atoms with Crippen molar-refractivity contribution in [3.63, 3.8) is 0 Å². The Balaban J connectivity index is 2.15. The van der Waals surface area contributed by atoms with Crippen molar-refractivity contribution < 1.29 is 9.13 Å². The van der Waals surface area contributed by atoms with Crippen LogP contribution < -0.4 is 10.5 Å². The standard InChI is InChI=1S/C13H13FN2OS/c1-17-12-3-2-10(14)6-9(12)8-18-13-4-5-16-7-11(13)15/h2-7H,8,15H2,1H3. The molecule has 0 saturated heterocycles. The molecule has 1 aromatic carbocycles. The van der Waals surface area contributed by atoms with Crippen LogP contribution in [0.3, 0.4) is 0 Å². The molecule has 2 rings (SSSR count). The zero-order valence-electron chi connectivity index (χ0n) is 9.89. The largest absolute Gasteiger partial charge is 0.496 e. The Labute approximate surface area is 109 Å². The first kappa shape index (κ1) is 12.7. The highest BCUT2D eigenvalue weighted by molar-refractivity contribution is 7.98. The van der Waals surface area contributed by atoms with Crippen LogP contribution in [0.5, 0.6) is 5.75 Å². The molecule has 1 heterocycles. The molecule has 0 bridgehead atoms. The lowest BCUT2D eigenvalue weighted by molar-refractivity contribution is 0.410. The molecule has 0 aliphatic carbocycles.